The molecular weight excluding hydrogens is 431 g/mol. The number of pyridine rings is 1. The number of nitrogens with zero attached hydrogens (tertiary/aromatic N) is 4. The Hall–Kier alpha value is -2.88. The van der Waals surface area contributed by atoms with Crippen molar-refractivity contribution >= 4 is 17.2 Å². The molecule has 0 spiro atoms. The SMILES string of the molecule is CC(O)N1CCC(c2nc(-c3ccncc3)cs2)N(C(=O)COc2ccccc2F)CC1. The second-order valence-electron chi connectivity index (χ2n) is 7.59. The lowest BCUT2D eigenvalue weighted by Gasteiger charge is -2.28. The van der Waals surface area contributed by atoms with Crippen LogP contribution in [0.25, 0.3) is 11.3 Å². The van der Waals surface area contributed by atoms with Crippen molar-refractivity contribution in [2.45, 2.75) is 25.6 Å². The molecule has 9 heteroatoms. The third-order valence-electron chi connectivity index (χ3n) is 5.51. The van der Waals surface area contributed by atoms with E-state index in [0.717, 1.165) is 16.3 Å². The summed E-state index contributed by atoms with van der Waals surface area (Å²) in [5.74, 6) is -0.701. The number of amides is 1. The fourth-order valence-electron chi connectivity index (χ4n) is 3.76. The monoisotopic (exact) mass is 456 g/mol. The molecule has 7 nitrogen and oxygen atoms in total. The van der Waals surface area contributed by atoms with Gasteiger partial charge in [0.2, 0.25) is 0 Å². The first-order valence-corrected chi connectivity index (χ1v) is 11.4. The van der Waals surface area contributed by atoms with Crippen LogP contribution in [0.1, 0.15) is 24.4 Å². The van der Waals surface area contributed by atoms with E-state index in [4.69, 9.17) is 9.72 Å². The highest BCUT2D eigenvalue weighted by atomic mass is 32.1. The van der Waals surface area contributed by atoms with Gasteiger partial charge in [-0.2, -0.15) is 0 Å². The van der Waals surface area contributed by atoms with E-state index in [2.05, 4.69) is 4.98 Å². The van der Waals surface area contributed by atoms with Crippen molar-refractivity contribution in [2.75, 3.05) is 26.2 Å². The maximum absolute atomic E-state index is 13.9. The number of hydrogen-bond donors (Lipinski definition) is 1. The van der Waals surface area contributed by atoms with E-state index in [1.807, 2.05) is 22.4 Å². The van der Waals surface area contributed by atoms with Crippen LogP contribution < -0.4 is 4.74 Å². The molecule has 1 amide bonds. The first-order valence-electron chi connectivity index (χ1n) is 10.5. The third kappa shape index (κ3) is 5.12. The van der Waals surface area contributed by atoms with Crippen molar-refractivity contribution in [1.82, 2.24) is 19.8 Å². The van der Waals surface area contributed by atoms with Gasteiger partial charge in [-0.1, -0.05) is 12.1 Å². The highest BCUT2D eigenvalue weighted by Gasteiger charge is 2.32. The van der Waals surface area contributed by atoms with Gasteiger partial charge < -0.3 is 14.7 Å². The van der Waals surface area contributed by atoms with Crippen LogP contribution in [0.15, 0.2) is 54.2 Å². The van der Waals surface area contributed by atoms with Gasteiger partial charge in [0.1, 0.15) is 11.2 Å². The molecule has 2 aromatic heterocycles. The van der Waals surface area contributed by atoms with E-state index >= 15 is 0 Å². The molecule has 1 aliphatic heterocycles. The van der Waals surface area contributed by atoms with Crippen LogP contribution in [0.5, 0.6) is 5.75 Å². The van der Waals surface area contributed by atoms with Gasteiger partial charge in [-0.05, 0) is 37.6 Å². The first-order chi connectivity index (χ1) is 15.5. The molecule has 1 fully saturated rings. The number of para-hydroxylation sites is 1. The fraction of sp³-hybridized carbons (Fsp3) is 0.348. The lowest BCUT2D eigenvalue weighted by molar-refractivity contribution is -0.135. The Labute approximate surface area is 190 Å². The standard InChI is InChI=1S/C23H25FN4O3S/c1-16(29)27-11-8-20(23-26-19(15-32-23)17-6-9-25-10-7-17)28(13-12-27)22(30)14-31-21-5-3-2-4-18(21)24/h2-7,9-10,15-16,20,29H,8,11-14H2,1H3. The van der Waals surface area contributed by atoms with Crippen molar-refractivity contribution in [2.24, 2.45) is 0 Å². The number of benzene rings is 1. The average Bonchev–Trinajstić information content (AvgIpc) is 3.18. The second-order valence-corrected chi connectivity index (χ2v) is 8.48. The van der Waals surface area contributed by atoms with E-state index in [1.165, 1.54) is 23.5 Å². The van der Waals surface area contributed by atoms with Crippen molar-refractivity contribution < 1.29 is 19.0 Å². The Bertz CT molecular complexity index is 1050. The zero-order valence-electron chi connectivity index (χ0n) is 17.7. The number of rotatable bonds is 6. The van der Waals surface area contributed by atoms with Gasteiger partial charge in [0.15, 0.2) is 18.2 Å². The zero-order valence-corrected chi connectivity index (χ0v) is 18.5. The van der Waals surface area contributed by atoms with Crippen molar-refractivity contribution in [3.8, 4) is 17.0 Å². The highest BCUT2D eigenvalue weighted by Crippen LogP contribution is 2.32. The second kappa shape index (κ2) is 10.2. The molecule has 0 saturated carbocycles. The molecule has 2 unspecified atom stereocenters. The third-order valence-corrected chi connectivity index (χ3v) is 6.46. The minimum atomic E-state index is -0.607. The summed E-state index contributed by atoms with van der Waals surface area (Å²) in [6.45, 7) is 3.03. The predicted octanol–water partition coefficient (Wildman–Crippen LogP) is 3.34. The van der Waals surface area contributed by atoms with E-state index in [9.17, 15) is 14.3 Å². The maximum atomic E-state index is 13.9. The minimum absolute atomic E-state index is 0.0482. The van der Waals surface area contributed by atoms with E-state index in [-0.39, 0.29) is 24.3 Å². The summed E-state index contributed by atoms with van der Waals surface area (Å²) in [5, 5.41) is 12.9. The van der Waals surface area contributed by atoms with Gasteiger partial charge in [0.25, 0.3) is 5.91 Å². The molecule has 168 valence electrons. The van der Waals surface area contributed by atoms with E-state index in [1.54, 1.807) is 36.4 Å². The summed E-state index contributed by atoms with van der Waals surface area (Å²) in [6.07, 6.45) is 3.45. The first kappa shape index (κ1) is 22.3. The summed E-state index contributed by atoms with van der Waals surface area (Å²) in [5.41, 5.74) is 1.79. The van der Waals surface area contributed by atoms with Gasteiger partial charge in [0.05, 0.1) is 11.7 Å². The molecule has 4 rings (SSSR count). The molecule has 3 heterocycles. The summed E-state index contributed by atoms with van der Waals surface area (Å²) in [6, 6.07) is 9.57. The van der Waals surface area contributed by atoms with Crippen molar-refractivity contribution in [3.63, 3.8) is 0 Å². The summed E-state index contributed by atoms with van der Waals surface area (Å²) >= 11 is 1.50. The molecule has 0 radical (unpaired) electrons. The highest BCUT2D eigenvalue weighted by molar-refractivity contribution is 7.10. The van der Waals surface area contributed by atoms with Gasteiger partial charge in [-0.25, -0.2) is 9.37 Å². The summed E-state index contributed by atoms with van der Waals surface area (Å²) < 4.78 is 19.4. The van der Waals surface area contributed by atoms with Crippen LogP contribution in [-0.2, 0) is 4.79 Å². The molecule has 1 aliphatic rings. The molecular formula is C23H25FN4O3S. The molecule has 1 aromatic carbocycles. The molecule has 1 saturated heterocycles. The molecule has 0 bridgehead atoms. The van der Waals surface area contributed by atoms with Gasteiger partial charge in [-0.3, -0.25) is 14.7 Å². The van der Waals surface area contributed by atoms with Crippen molar-refractivity contribution in [3.05, 3.63) is 65.0 Å². The Balaban J connectivity index is 1.55. The maximum Gasteiger partial charge on any atom is 0.261 e. The Morgan fingerprint density at radius 1 is 1.25 bits per heavy atom. The van der Waals surface area contributed by atoms with Gasteiger partial charge >= 0.3 is 0 Å². The topological polar surface area (TPSA) is 78.8 Å². The molecule has 2 atom stereocenters. The number of hydrogen-bond acceptors (Lipinski definition) is 7. The molecule has 3 aromatic rings. The minimum Gasteiger partial charge on any atom is -0.481 e. The number of thiazole rings is 1. The molecule has 32 heavy (non-hydrogen) atoms. The zero-order chi connectivity index (χ0) is 22.5. The smallest absolute Gasteiger partial charge is 0.261 e. The Kier molecular flexibility index (Phi) is 7.09. The number of aliphatic hydroxyl groups excluding tert-OH is 1. The number of aromatic nitrogens is 2. The van der Waals surface area contributed by atoms with Crippen LogP contribution in [-0.4, -0.2) is 63.3 Å². The van der Waals surface area contributed by atoms with Gasteiger partial charge in [0, 0.05) is 43.0 Å². The lowest BCUT2D eigenvalue weighted by Crippen LogP contribution is -2.41. The normalized spacial score (nSPS) is 18.2. The Morgan fingerprint density at radius 2 is 2.03 bits per heavy atom. The summed E-state index contributed by atoms with van der Waals surface area (Å²) in [4.78, 5) is 25.6. The van der Waals surface area contributed by atoms with Crippen LogP contribution in [0.2, 0.25) is 0 Å². The largest absolute Gasteiger partial charge is 0.481 e. The average molecular weight is 457 g/mol. The van der Waals surface area contributed by atoms with E-state index in [0.29, 0.717) is 26.1 Å². The number of ether oxygens (including phenoxy) is 1. The number of carbonyl (C=O) groups excluding carboxylic acids is 1. The van der Waals surface area contributed by atoms with Gasteiger partial charge in [-0.15, -0.1) is 11.3 Å². The molecule has 0 aliphatic carbocycles. The van der Waals surface area contributed by atoms with Crippen LogP contribution in [0, 0.1) is 5.82 Å². The fourth-order valence-corrected chi connectivity index (χ4v) is 4.73. The number of aliphatic hydroxyl groups is 1. The quantitative estimate of drug-likeness (QED) is 0.613. The Morgan fingerprint density at radius 3 is 2.78 bits per heavy atom. The summed E-state index contributed by atoms with van der Waals surface area (Å²) in [7, 11) is 0. The van der Waals surface area contributed by atoms with Crippen molar-refractivity contribution in [1.29, 1.82) is 0 Å². The lowest BCUT2D eigenvalue weighted by atomic mass is 10.1. The van der Waals surface area contributed by atoms with Crippen LogP contribution in [0.3, 0.4) is 0 Å². The predicted molar refractivity (Wildman–Crippen MR) is 120 cm³/mol. The van der Waals surface area contributed by atoms with E-state index < -0.39 is 12.0 Å². The number of carbonyl (C=O) groups is 1. The van der Waals surface area contributed by atoms with Crippen LogP contribution in [0.4, 0.5) is 4.39 Å². The molecule has 1 N–H and O–H groups in total. The van der Waals surface area contributed by atoms with Crippen LogP contribution >= 0.6 is 11.3 Å². The number of halogens is 1.